The summed E-state index contributed by atoms with van der Waals surface area (Å²) >= 11 is 9.06. The van der Waals surface area contributed by atoms with Crippen molar-refractivity contribution in [1.29, 1.82) is 0 Å². The third-order valence-electron chi connectivity index (χ3n) is 0.917. The quantitative estimate of drug-likeness (QED) is 0.239. The van der Waals surface area contributed by atoms with Crippen molar-refractivity contribution >= 4 is 29.9 Å². The van der Waals surface area contributed by atoms with Crippen molar-refractivity contribution in [3.63, 3.8) is 0 Å². The van der Waals surface area contributed by atoms with E-state index in [0.29, 0.717) is 0 Å². The molecule has 7 heteroatoms. The molecule has 1 rings (SSSR count). The normalized spacial score (nSPS) is 9.64. The van der Waals surface area contributed by atoms with Crippen molar-refractivity contribution in [3.8, 4) is 0 Å². The van der Waals surface area contributed by atoms with Gasteiger partial charge in [0.2, 0.25) is 5.28 Å². The van der Waals surface area contributed by atoms with Gasteiger partial charge in [-0.2, -0.15) is 0 Å². The predicted molar refractivity (Wildman–Crippen MR) is 40.9 cm³/mol. The van der Waals surface area contributed by atoms with Crippen LogP contribution in [-0.2, 0) is 0 Å². The third kappa shape index (κ3) is 1.78. The summed E-state index contributed by atoms with van der Waals surface area (Å²) in [6.07, 6.45) is 1.01. The summed E-state index contributed by atoms with van der Waals surface area (Å²) in [6.45, 7) is 0. The Morgan fingerprint density at radius 2 is 2.36 bits per heavy atom. The van der Waals surface area contributed by atoms with Crippen molar-refractivity contribution in [2.45, 2.75) is 5.03 Å². The SMILES string of the molecule is O=[N+]([O-])c1cnc(Cl)nc1S. The lowest BCUT2D eigenvalue weighted by atomic mass is 10.6. The first kappa shape index (κ1) is 8.22. The van der Waals surface area contributed by atoms with E-state index in [1.807, 2.05) is 0 Å². The summed E-state index contributed by atoms with van der Waals surface area (Å²) in [4.78, 5) is 16.4. The summed E-state index contributed by atoms with van der Waals surface area (Å²) < 4.78 is 0. The molecule has 1 aromatic heterocycles. The van der Waals surface area contributed by atoms with Crippen LogP contribution in [-0.4, -0.2) is 14.9 Å². The van der Waals surface area contributed by atoms with Crippen molar-refractivity contribution in [3.05, 3.63) is 21.6 Å². The smallest absolute Gasteiger partial charge is 0.258 e. The molecule has 1 aromatic rings. The van der Waals surface area contributed by atoms with Gasteiger partial charge in [-0.05, 0) is 11.6 Å². The molecule has 0 aromatic carbocycles. The Labute approximate surface area is 72.0 Å². The molecule has 0 aliphatic carbocycles. The number of nitro groups is 1. The molecular weight excluding hydrogens is 190 g/mol. The van der Waals surface area contributed by atoms with Gasteiger partial charge in [0.1, 0.15) is 6.20 Å². The molecule has 0 spiro atoms. The molecule has 5 nitrogen and oxygen atoms in total. The Balaban J connectivity index is 3.20. The predicted octanol–water partition coefficient (Wildman–Crippen LogP) is 1.33. The number of rotatable bonds is 1. The van der Waals surface area contributed by atoms with E-state index in [-0.39, 0.29) is 16.0 Å². The topological polar surface area (TPSA) is 68.9 Å². The second-order valence-electron chi connectivity index (χ2n) is 1.60. The van der Waals surface area contributed by atoms with Crippen LogP contribution in [0.1, 0.15) is 0 Å². The van der Waals surface area contributed by atoms with Gasteiger partial charge in [0.15, 0.2) is 5.03 Å². The highest BCUT2D eigenvalue weighted by molar-refractivity contribution is 7.80. The van der Waals surface area contributed by atoms with Gasteiger partial charge < -0.3 is 0 Å². The number of hydrogen-bond donors (Lipinski definition) is 1. The first-order chi connectivity index (χ1) is 5.11. The molecule has 0 saturated heterocycles. The fourth-order valence-corrected chi connectivity index (χ4v) is 0.901. The van der Waals surface area contributed by atoms with Crippen LogP contribution >= 0.6 is 24.2 Å². The first-order valence-electron chi connectivity index (χ1n) is 2.47. The fourth-order valence-electron chi connectivity index (χ4n) is 0.474. The molecule has 0 fully saturated rings. The number of hydrogen-bond acceptors (Lipinski definition) is 5. The van der Waals surface area contributed by atoms with Gasteiger partial charge in [-0.15, -0.1) is 12.6 Å². The first-order valence-corrected chi connectivity index (χ1v) is 3.29. The zero-order chi connectivity index (χ0) is 8.43. The lowest BCUT2D eigenvalue weighted by molar-refractivity contribution is -0.388. The zero-order valence-electron chi connectivity index (χ0n) is 5.06. The van der Waals surface area contributed by atoms with E-state index in [2.05, 4.69) is 22.6 Å². The minimum Gasteiger partial charge on any atom is -0.258 e. The minimum atomic E-state index is -0.626. The fraction of sp³-hybridized carbons (Fsp3) is 0. The molecule has 0 bridgehead atoms. The number of halogens is 1. The van der Waals surface area contributed by atoms with E-state index >= 15 is 0 Å². The standard InChI is InChI=1S/C4H2ClN3O2S/c5-4-6-1-2(8(9)10)3(11)7-4/h1H,(H,6,7,11). The van der Waals surface area contributed by atoms with Gasteiger partial charge in [-0.25, -0.2) is 9.97 Å². The molecule has 0 aliphatic rings. The van der Waals surface area contributed by atoms with Gasteiger partial charge in [0.25, 0.3) is 0 Å². The highest BCUT2D eigenvalue weighted by atomic mass is 35.5. The Bertz CT molecular complexity index is 305. The molecule has 0 atom stereocenters. The van der Waals surface area contributed by atoms with Gasteiger partial charge in [-0.1, -0.05) is 0 Å². The van der Waals surface area contributed by atoms with E-state index in [0.717, 1.165) is 6.20 Å². The molecule has 0 N–H and O–H groups in total. The maximum absolute atomic E-state index is 10.2. The summed E-state index contributed by atoms with van der Waals surface area (Å²) in [5.74, 6) is 0. The van der Waals surface area contributed by atoms with Crippen LogP contribution in [0.15, 0.2) is 11.2 Å². The molecule has 0 aliphatic heterocycles. The molecule has 0 unspecified atom stereocenters. The van der Waals surface area contributed by atoms with Gasteiger partial charge >= 0.3 is 5.69 Å². The van der Waals surface area contributed by atoms with Crippen molar-refractivity contribution in [2.24, 2.45) is 0 Å². The van der Waals surface area contributed by atoms with Crippen LogP contribution in [0.2, 0.25) is 5.28 Å². The second kappa shape index (κ2) is 3.02. The molecule has 1 heterocycles. The Hall–Kier alpha value is -0.880. The van der Waals surface area contributed by atoms with Crippen LogP contribution < -0.4 is 0 Å². The monoisotopic (exact) mass is 191 g/mol. The molecular formula is C4H2ClN3O2S. The van der Waals surface area contributed by atoms with Crippen molar-refractivity contribution in [2.75, 3.05) is 0 Å². The Morgan fingerprint density at radius 1 is 1.73 bits per heavy atom. The third-order valence-corrected chi connectivity index (χ3v) is 1.43. The Kier molecular flexibility index (Phi) is 2.25. The number of aromatic nitrogens is 2. The lowest BCUT2D eigenvalue weighted by Crippen LogP contribution is -1.93. The summed E-state index contributed by atoms with van der Waals surface area (Å²) in [7, 11) is 0. The van der Waals surface area contributed by atoms with Crippen LogP contribution in [0.25, 0.3) is 0 Å². The van der Waals surface area contributed by atoms with Crippen molar-refractivity contribution < 1.29 is 4.92 Å². The van der Waals surface area contributed by atoms with Crippen LogP contribution in [0, 0.1) is 10.1 Å². The highest BCUT2D eigenvalue weighted by Gasteiger charge is 2.12. The van der Waals surface area contributed by atoms with E-state index < -0.39 is 4.92 Å². The van der Waals surface area contributed by atoms with Crippen LogP contribution in [0.3, 0.4) is 0 Å². The zero-order valence-corrected chi connectivity index (χ0v) is 6.71. The van der Waals surface area contributed by atoms with Gasteiger partial charge in [0.05, 0.1) is 4.92 Å². The van der Waals surface area contributed by atoms with Gasteiger partial charge in [0, 0.05) is 0 Å². The molecule has 0 radical (unpaired) electrons. The Morgan fingerprint density at radius 3 is 2.82 bits per heavy atom. The average Bonchev–Trinajstić information content (AvgIpc) is 1.85. The van der Waals surface area contributed by atoms with E-state index in [4.69, 9.17) is 11.6 Å². The summed E-state index contributed by atoms with van der Waals surface area (Å²) in [5, 5.41) is 10.1. The molecule has 0 amide bonds. The summed E-state index contributed by atoms with van der Waals surface area (Å²) in [6, 6.07) is 0. The second-order valence-corrected chi connectivity index (χ2v) is 2.37. The largest absolute Gasteiger partial charge is 0.319 e. The van der Waals surface area contributed by atoms with E-state index in [9.17, 15) is 10.1 Å². The minimum absolute atomic E-state index is 0.0324. The highest BCUT2D eigenvalue weighted by Crippen LogP contribution is 2.19. The lowest BCUT2D eigenvalue weighted by Gasteiger charge is -1.92. The average molecular weight is 192 g/mol. The molecule has 58 valence electrons. The van der Waals surface area contributed by atoms with Crippen LogP contribution in [0.4, 0.5) is 5.69 Å². The molecule has 0 saturated carbocycles. The van der Waals surface area contributed by atoms with Crippen molar-refractivity contribution in [1.82, 2.24) is 9.97 Å². The van der Waals surface area contributed by atoms with Gasteiger partial charge in [-0.3, -0.25) is 10.1 Å². The number of thiol groups is 1. The number of nitrogens with zero attached hydrogens (tertiary/aromatic N) is 3. The van der Waals surface area contributed by atoms with Crippen LogP contribution in [0.5, 0.6) is 0 Å². The maximum Gasteiger partial charge on any atom is 0.319 e. The summed E-state index contributed by atoms with van der Waals surface area (Å²) in [5.41, 5.74) is -0.252. The molecule has 11 heavy (non-hydrogen) atoms. The van der Waals surface area contributed by atoms with E-state index in [1.165, 1.54) is 0 Å². The van der Waals surface area contributed by atoms with E-state index in [1.54, 1.807) is 0 Å². The maximum atomic E-state index is 10.2.